The van der Waals surface area contributed by atoms with Gasteiger partial charge in [0.05, 0.1) is 6.54 Å². The number of thioether (sulfide) groups is 2. The quantitative estimate of drug-likeness (QED) is 0.0405. The van der Waals surface area contributed by atoms with Gasteiger partial charge in [0.1, 0.15) is 16.6 Å². The number of aromatic nitrogens is 2. The molecule has 3 aliphatic heterocycles. The standard InChI is InChI=1S/C26H26N8O10S3/c1-2-31-5-6-32(21(41)20(31)40)33(12-36)17(13-3-4-15(37)16(38)7-13)19(39)29-26(27-10-35)23(44)34-18(22(42)43)14(8-45-24(26)34)9-46-25-30-28-11-47-25/h3-4,7,10-12,17,24,37-38H,2,5-6,8-9H2,1H3,(H,27,35)(H,29,39)(H,42,43)/t17?,24-,26+/m0/s1. The van der Waals surface area contributed by atoms with Crippen LogP contribution in [0.15, 0.2) is 39.3 Å². The van der Waals surface area contributed by atoms with Gasteiger partial charge in [-0.2, -0.15) is 0 Å². The highest BCUT2D eigenvalue weighted by molar-refractivity contribution is 8.01. The predicted octanol–water partition coefficient (Wildman–Crippen LogP) is -1.34. The minimum absolute atomic E-state index is 0.0212. The van der Waals surface area contributed by atoms with E-state index in [0.717, 1.165) is 33.8 Å². The number of aliphatic carboxylic acids is 1. The summed E-state index contributed by atoms with van der Waals surface area (Å²) in [4.78, 5) is 92.5. The van der Waals surface area contributed by atoms with E-state index in [0.29, 0.717) is 14.9 Å². The number of rotatable bonds is 13. The molecule has 5 N–H and O–H groups in total. The van der Waals surface area contributed by atoms with E-state index in [2.05, 4.69) is 20.8 Å². The van der Waals surface area contributed by atoms with E-state index in [4.69, 9.17) is 0 Å². The highest BCUT2D eigenvalue weighted by atomic mass is 32.2. The Kier molecular flexibility index (Phi) is 9.58. The Morgan fingerprint density at radius 1 is 1.19 bits per heavy atom. The van der Waals surface area contributed by atoms with Crippen LogP contribution < -0.4 is 10.6 Å². The van der Waals surface area contributed by atoms with E-state index in [1.807, 2.05) is 0 Å². The second-order valence-electron chi connectivity index (χ2n) is 10.1. The lowest BCUT2D eigenvalue weighted by Crippen LogP contribution is -2.85. The zero-order chi connectivity index (χ0) is 34.0. The van der Waals surface area contributed by atoms with Crippen LogP contribution >= 0.6 is 34.9 Å². The number of hydrogen-bond donors (Lipinski definition) is 5. The average molecular weight is 707 g/mol. The van der Waals surface area contributed by atoms with Gasteiger partial charge in [0, 0.05) is 24.6 Å². The number of carboxylic acid groups (broad SMARTS) is 1. The van der Waals surface area contributed by atoms with Crippen molar-refractivity contribution >= 4 is 77.3 Å². The number of carbonyl (C=O) groups is 7. The van der Waals surface area contributed by atoms with Crippen LogP contribution in [0.25, 0.3) is 0 Å². The molecule has 248 valence electrons. The summed E-state index contributed by atoms with van der Waals surface area (Å²) >= 11 is 3.54. The molecule has 2 fully saturated rings. The van der Waals surface area contributed by atoms with Crippen molar-refractivity contribution in [1.82, 2.24) is 40.6 Å². The van der Waals surface area contributed by atoms with Crippen molar-refractivity contribution in [3.63, 3.8) is 0 Å². The summed E-state index contributed by atoms with van der Waals surface area (Å²) in [7, 11) is 0. The number of carbonyl (C=O) groups excluding carboxylic acids is 6. The van der Waals surface area contributed by atoms with E-state index in [1.165, 1.54) is 39.6 Å². The normalized spacial score (nSPS) is 21.5. The lowest BCUT2D eigenvalue weighted by Gasteiger charge is -2.56. The second-order valence-corrected chi connectivity index (χ2v) is 13.2. The van der Waals surface area contributed by atoms with Crippen LogP contribution in [-0.4, -0.2) is 130 Å². The molecule has 4 heterocycles. The molecule has 0 saturated carbocycles. The van der Waals surface area contributed by atoms with Gasteiger partial charge >= 0.3 is 17.8 Å². The first-order valence-corrected chi connectivity index (χ1v) is 16.6. The van der Waals surface area contributed by atoms with Crippen LogP contribution in [-0.2, 0) is 33.6 Å². The second kappa shape index (κ2) is 13.5. The number of aromatic hydroxyl groups is 2. The van der Waals surface area contributed by atoms with Crippen molar-refractivity contribution in [2.24, 2.45) is 0 Å². The van der Waals surface area contributed by atoms with E-state index in [9.17, 15) is 48.9 Å². The Hall–Kier alpha value is -4.89. The molecule has 0 radical (unpaired) electrons. The highest BCUT2D eigenvalue weighted by Gasteiger charge is 2.66. The molecule has 18 nitrogen and oxygen atoms in total. The van der Waals surface area contributed by atoms with Gasteiger partial charge in [-0.3, -0.25) is 33.7 Å². The number of fused-ring (bicyclic) bond motifs is 1. The lowest BCUT2D eigenvalue weighted by molar-refractivity contribution is -0.178. The summed E-state index contributed by atoms with van der Waals surface area (Å²) in [6.45, 7) is 1.69. The largest absolute Gasteiger partial charge is 0.504 e. The summed E-state index contributed by atoms with van der Waals surface area (Å²) in [5.41, 5.74) is -0.780. The zero-order valence-electron chi connectivity index (χ0n) is 24.3. The molecule has 5 rings (SSSR count). The molecular formula is C26H26N8O10S3. The smallest absolute Gasteiger partial charge is 0.352 e. The molecule has 21 heteroatoms. The number of phenols is 2. The van der Waals surface area contributed by atoms with Crippen LogP contribution in [0.4, 0.5) is 0 Å². The van der Waals surface area contributed by atoms with E-state index in [1.54, 1.807) is 6.92 Å². The number of likely N-dealkylation sites (N-methyl/N-ethyl adjacent to an activating group) is 1. The molecule has 0 spiro atoms. The maximum absolute atomic E-state index is 14.1. The molecule has 1 aromatic carbocycles. The Morgan fingerprint density at radius 3 is 2.57 bits per heavy atom. The fourth-order valence-electron chi connectivity index (χ4n) is 5.32. The van der Waals surface area contributed by atoms with Gasteiger partial charge in [-0.05, 0) is 30.2 Å². The maximum Gasteiger partial charge on any atom is 0.352 e. The van der Waals surface area contributed by atoms with Crippen molar-refractivity contribution in [2.45, 2.75) is 28.3 Å². The van der Waals surface area contributed by atoms with Crippen LogP contribution in [0.5, 0.6) is 11.5 Å². The summed E-state index contributed by atoms with van der Waals surface area (Å²) in [6.07, 6.45) is 0.254. The third-order valence-electron chi connectivity index (χ3n) is 7.55. The van der Waals surface area contributed by atoms with Crippen molar-refractivity contribution in [1.29, 1.82) is 0 Å². The van der Waals surface area contributed by atoms with Gasteiger partial charge in [0.15, 0.2) is 21.9 Å². The molecule has 1 unspecified atom stereocenters. The number of hydrogen-bond acceptors (Lipinski definition) is 14. The van der Waals surface area contributed by atoms with Gasteiger partial charge in [-0.15, -0.1) is 22.0 Å². The number of piperazine rings is 1. The number of nitrogens with zero attached hydrogens (tertiary/aromatic N) is 6. The Balaban J connectivity index is 1.49. The van der Waals surface area contributed by atoms with Gasteiger partial charge in [0.2, 0.25) is 18.5 Å². The number of amides is 6. The lowest BCUT2D eigenvalue weighted by atomic mass is 9.94. The third-order valence-corrected chi connectivity index (χ3v) is 10.9. The van der Waals surface area contributed by atoms with Gasteiger partial charge in [-0.1, -0.05) is 29.2 Å². The van der Waals surface area contributed by atoms with Crippen LogP contribution in [0.3, 0.4) is 0 Å². The molecule has 2 aromatic rings. The Bertz CT molecular complexity index is 1670. The number of phenolic OH excluding ortho intramolecular Hbond substituents is 2. The molecule has 0 bridgehead atoms. The summed E-state index contributed by atoms with van der Waals surface area (Å²) in [5, 5.41) is 42.8. The van der Waals surface area contributed by atoms with Gasteiger partial charge in [0.25, 0.3) is 11.8 Å². The number of carboxylic acids is 1. The molecule has 6 amide bonds. The van der Waals surface area contributed by atoms with Gasteiger partial charge < -0.3 is 30.9 Å². The van der Waals surface area contributed by atoms with Gasteiger partial charge in [-0.25, -0.2) is 14.8 Å². The number of hydrazine groups is 1. The minimum atomic E-state index is -2.20. The molecule has 3 atom stereocenters. The Labute approximate surface area is 277 Å². The Morgan fingerprint density at radius 2 is 1.96 bits per heavy atom. The van der Waals surface area contributed by atoms with Crippen molar-refractivity contribution < 1.29 is 48.9 Å². The van der Waals surface area contributed by atoms with Crippen LogP contribution in [0, 0.1) is 0 Å². The highest BCUT2D eigenvalue weighted by Crippen LogP contribution is 2.46. The summed E-state index contributed by atoms with van der Waals surface area (Å²) in [6, 6.07) is 1.30. The monoisotopic (exact) mass is 706 g/mol. The van der Waals surface area contributed by atoms with Crippen molar-refractivity contribution in [3.05, 3.63) is 40.5 Å². The number of nitrogens with one attached hydrogen (secondary N) is 2. The zero-order valence-corrected chi connectivity index (χ0v) is 26.7. The SMILES string of the molecule is CCN1CCN(N(C=O)C(C(=O)N[C@]2(NC=O)C(=O)N3C(C(=O)O)=C(CSc4nncs4)CS[C@H]32)c2ccc(O)c(O)c2)C(=O)C1=O. The first kappa shape index (κ1) is 33.5. The first-order valence-electron chi connectivity index (χ1n) is 13.7. The fraction of sp³-hybridized carbons (Fsp3) is 0.346. The summed E-state index contributed by atoms with van der Waals surface area (Å²) in [5.74, 6) is -6.63. The third kappa shape index (κ3) is 5.91. The molecular weight excluding hydrogens is 681 g/mol. The topological polar surface area (TPSA) is 243 Å². The van der Waals surface area contributed by atoms with E-state index < -0.39 is 58.2 Å². The first-order chi connectivity index (χ1) is 22.5. The van der Waals surface area contributed by atoms with E-state index in [-0.39, 0.29) is 55.2 Å². The molecule has 2 saturated heterocycles. The minimum Gasteiger partial charge on any atom is -0.504 e. The molecule has 1 aromatic heterocycles. The van der Waals surface area contributed by atoms with Crippen molar-refractivity contribution in [2.75, 3.05) is 31.1 Å². The molecule has 3 aliphatic rings. The summed E-state index contributed by atoms with van der Waals surface area (Å²) < 4.78 is 0.580. The number of β-lactam (4-membered cyclic amide) rings is 1. The fourth-order valence-corrected chi connectivity index (χ4v) is 8.38. The maximum atomic E-state index is 14.1. The predicted molar refractivity (Wildman–Crippen MR) is 163 cm³/mol. The average Bonchev–Trinajstić information content (AvgIpc) is 3.58. The molecule has 0 aliphatic carbocycles. The number of benzene rings is 1. The van der Waals surface area contributed by atoms with Crippen LogP contribution in [0.2, 0.25) is 0 Å². The van der Waals surface area contributed by atoms with E-state index >= 15 is 0 Å². The van der Waals surface area contributed by atoms with Crippen molar-refractivity contribution in [3.8, 4) is 11.5 Å². The molecule has 47 heavy (non-hydrogen) atoms. The van der Waals surface area contributed by atoms with Crippen LogP contribution in [0.1, 0.15) is 18.5 Å².